The number of ether oxygens (including phenoxy) is 1. The van der Waals surface area contributed by atoms with Gasteiger partial charge in [0, 0.05) is 6.54 Å². The predicted octanol–water partition coefficient (Wildman–Crippen LogP) is 2.94. The van der Waals surface area contributed by atoms with Crippen LogP contribution < -0.4 is 10.6 Å². The first-order valence-corrected chi connectivity index (χ1v) is 8.95. The quantitative estimate of drug-likeness (QED) is 0.641. The van der Waals surface area contributed by atoms with E-state index in [0.29, 0.717) is 13.0 Å². The lowest BCUT2D eigenvalue weighted by Gasteiger charge is -2.23. The van der Waals surface area contributed by atoms with Crippen molar-refractivity contribution in [3.8, 4) is 0 Å². The van der Waals surface area contributed by atoms with Gasteiger partial charge in [-0.1, -0.05) is 19.8 Å². The highest BCUT2D eigenvalue weighted by Crippen LogP contribution is 2.08. The van der Waals surface area contributed by atoms with Crippen LogP contribution in [0.2, 0.25) is 0 Å². The largest absolute Gasteiger partial charge is 0.444 e. The van der Waals surface area contributed by atoms with Gasteiger partial charge in [-0.2, -0.15) is 11.8 Å². The lowest BCUT2D eigenvalue weighted by molar-refractivity contribution is -0.123. The van der Waals surface area contributed by atoms with Crippen LogP contribution in [0.4, 0.5) is 4.79 Å². The molecule has 0 rings (SSSR count). The molecule has 124 valence electrons. The second-order valence-electron chi connectivity index (χ2n) is 5.98. The molecule has 0 saturated heterocycles. The molecule has 1 atom stereocenters. The molecular weight excluding hydrogens is 288 g/mol. The maximum atomic E-state index is 12.1. The number of hydrogen-bond acceptors (Lipinski definition) is 4. The summed E-state index contributed by atoms with van der Waals surface area (Å²) in [5.74, 6) is 0.675. The molecule has 1 unspecified atom stereocenters. The van der Waals surface area contributed by atoms with Crippen LogP contribution in [-0.4, -0.2) is 42.2 Å². The lowest BCUT2D eigenvalue weighted by Crippen LogP contribution is -2.48. The summed E-state index contributed by atoms with van der Waals surface area (Å²) < 4.78 is 5.20. The van der Waals surface area contributed by atoms with E-state index in [1.807, 2.05) is 6.26 Å². The Morgan fingerprint density at radius 2 is 1.90 bits per heavy atom. The predicted molar refractivity (Wildman–Crippen MR) is 88.7 cm³/mol. The average molecular weight is 318 g/mol. The maximum absolute atomic E-state index is 12.1. The van der Waals surface area contributed by atoms with Gasteiger partial charge in [0.15, 0.2) is 0 Å². The number of amides is 2. The van der Waals surface area contributed by atoms with Crippen molar-refractivity contribution in [3.05, 3.63) is 0 Å². The van der Waals surface area contributed by atoms with E-state index in [1.54, 1.807) is 32.5 Å². The minimum Gasteiger partial charge on any atom is -0.444 e. The SMILES string of the molecule is CCCCCNC(=O)C(CCSC)NC(=O)OC(C)(C)C. The zero-order valence-corrected chi connectivity index (χ0v) is 14.8. The Kier molecular flexibility index (Phi) is 10.3. The van der Waals surface area contributed by atoms with Gasteiger partial charge in [0.05, 0.1) is 0 Å². The van der Waals surface area contributed by atoms with Crippen LogP contribution in [0.25, 0.3) is 0 Å². The molecule has 0 aromatic carbocycles. The van der Waals surface area contributed by atoms with Crippen molar-refractivity contribution in [2.24, 2.45) is 0 Å². The van der Waals surface area contributed by atoms with Crippen molar-refractivity contribution in [2.45, 2.75) is 65.0 Å². The summed E-state index contributed by atoms with van der Waals surface area (Å²) >= 11 is 1.65. The Labute approximate surface area is 133 Å². The minimum absolute atomic E-state index is 0.133. The highest BCUT2D eigenvalue weighted by Gasteiger charge is 2.23. The molecule has 21 heavy (non-hydrogen) atoms. The molecule has 0 aromatic heterocycles. The van der Waals surface area contributed by atoms with Gasteiger partial charge < -0.3 is 15.4 Å². The van der Waals surface area contributed by atoms with E-state index in [-0.39, 0.29) is 5.91 Å². The first-order chi connectivity index (χ1) is 9.80. The zero-order valence-electron chi connectivity index (χ0n) is 14.0. The number of unbranched alkanes of at least 4 members (excludes halogenated alkanes) is 2. The second kappa shape index (κ2) is 10.8. The van der Waals surface area contributed by atoms with E-state index >= 15 is 0 Å². The zero-order chi connectivity index (χ0) is 16.3. The Morgan fingerprint density at radius 3 is 2.43 bits per heavy atom. The van der Waals surface area contributed by atoms with Crippen LogP contribution in [0.15, 0.2) is 0 Å². The third-order valence-electron chi connectivity index (χ3n) is 2.70. The first kappa shape index (κ1) is 20.1. The highest BCUT2D eigenvalue weighted by atomic mass is 32.2. The van der Waals surface area contributed by atoms with Crippen molar-refractivity contribution in [1.82, 2.24) is 10.6 Å². The van der Waals surface area contributed by atoms with Crippen LogP contribution in [0.1, 0.15) is 53.4 Å². The van der Waals surface area contributed by atoms with Crippen LogP contribution in [-0.2, 0) is 9.53 Å². The number of alkyl carbamates (subject to hydrolysis) is 1. The average Bonchev–Trinajstić information content (AvgIpc) is 2.37. The fourth-order valence-electron chi connectivity index (χ4n) is 1.66. The molecule has 5 nitrogen and oxygen atoms in total. The fraction of sp³-hybridized carbons (Fsp3) is 0.867. The molecule has 0 aliphatic carbocycles. The van der Waals surface area contributed by atoms with E-state index in [2.05, 4.69) is 17.6 Å². The van der Waals surface area contributed by atoms with Crippen LogP contribution in [0, 0.1) is 0 Å². The molecule has 6 heteroatoms. The smallest absolute Gasteiger partial charge is 0.408 e. The van der Waals surface area contributed by atoms with Gasteiger partial charge >= 0.3 is 6.09 Å². The van der Waals surface area contributed by atoms with Gasteiger partial charge in [-0.25, -0.2) is 4.79 Å². The van der Waals surface area contributed by atoms with Gasteiger partial charge in [-0.3, -0.25) is 4.79 Å². The molecule has 0 fully saturated rings. The van der Waals surface area contributed by atoms with E-state index in [4.69, 9.17) is 4.74 Å². The normalized spacial score (nSPS) is 12.6. The van der Waals surface area contributed by atoms with Gasteiger partial charge in [0.25, 0.3) is 0 Å². The summed E-state index contributed by atoms with van der Waals surface area (Å²) in [4.78, 5) is 23.9. The minimum atomic E-state index is -0.564. The van der Waals surface area contributed by atoms with Crippen LogP contribution in [0.5, 0.6) is 0 Å². The van der Waals surface area contributed by atoms with Gasteiger partial charge in [-0.15, -0.1) is 0 Å². The third kappa shape index (κ3) is 11.4. The number of nitrogens with one attached hydrogen (secondary N) is 2. The Morgan fingerprint density at radius 1 is 1.24 bits per heavy atom. The number of rotatable bonds is 9. The summed E-state index contributed by atoms with van der Waals surface area (Å²) in [7, 11) is 0. The van der Waals surface area contributed by atoms with Crippen molar-refractivity contribution < 1.29 is 14.3 Å². The Bertz CT molecular complexity index is 317. The van der Waals surface area contributed by atoms with E-state index in [9.17, 15) is 9.59 Å². The number of hydrogen-bond donors (Lipinski definition) is 2. The van der Waals surface area contributed by atoms with Crippen molar-refractivity contribution in [2.75, 3.05) is 18.6 Å². The molecule has 0 saturated carbocycles. The number of carbonyl (C=O) groups excluding carboxylic acids is 2. The van der Waals surface area contributed by atoms with E-state index < -0.39 is 17.7 Å². The van der Waals surface area contributed by atoms with Gasteiger partial charge in [0.2, 0.25) is 5.91 Å². The van der Waals surface area contributed by atoms with E-state index in [1.165, 1.54) is 0 Å². The Hall–Kier alpha value is -0.910. The summed E-state index contributed by atoms with van der Waals surface area (Å²) in [6, 6.07) is -0.533. The number of carbonyl (C=O) groups is 2. The summed E-state index contributed by atoms with van der Waals surface area (Å²) in [6.07, 6.45) is 5.20. The highest BCUT2D eigenvalue weighted by molar-refractivity contribution is 7.98. The fourth-order valence-corrected chi connectivity index (χ4v) is 2.14. The summed E-state index contributed by atoms with van der Waals surface area (Å²) in [6.45, 7) is 8.17. The van der Waals surface area contributed by atoms with Gasteiger partial charge in [-0.05, 0) is 45.6 Å². The van der Waals surface area contributed by atoms with Crippen LogP contribution >= 0.6 is 11.8 Å². The molecule has 0 aliphatic heterocycles. The third-order valence-corrected chi connectivity index (χ3v) is 3.34. The molecule has 0 radical (unpaired) electrons. The summed E-state index contributed by atoms with van der Waals surface area (Å²) in [5, 5.41) is 5.54. The van der Waals surface area contributed by atoms with Crippen molar-refractivity contribution in [3.63, 3.8) is 0 Å². The standard InChI is InChI=1S/C15H30N2O3S/c1-6-7-8-10-16-13(18)12(9-11-21-5)17-14(19)20-15(2,3)4/h12H,6-11H2,1-5H3,(H,16,18)(H,17,19). The van der Waals surface area contributed by atoms with Crippen molar-refractivity contribution >= 4 is 23.8 Å². The second-order valence-corrected chi connectivity index (χ2v) is 6.96. The van der Waals surface area contributed by atoms with E-state index in [0.717, 1.165) is 25.0 Å². The van der Waals surface area contributed by atoms with Crippen molar-refractivity contribution in [1.29, 1.82) is 0 Å². The van der Waals surface area contributed by atoms with Crippen LogP contribution in [0.3, 0.4) is 0 Å². The Balaban J connectivity index is 4.35. The molecule has 0 heterocycles. The number of thioether (sulfide) groups is 1. The molecular formula is C15H30N2O3S. The maximum Gasteiger partial charge on any atom is 0.408 e. The molecule has 0 spiro atoms. The first-order valence-electron chi connectivity index (χ1n) is 7.56. The molecule has 2 amide bonds. The monoisotopic (exact) mass is 318 g/mol. The molecule has 2 N–H and O–H groups in total. The topological polar surface area (TPSA) is 67.4 Å². The molecule has 0 bridgehead atoms. The lowest BCUT2D eigenvalue weighted by atomic mass is 10.2. The van der Waals surface area contributed by atoms with Gasteiger partial charge in [0.1, 0.15) is 11.6 Å². The molecule has 0 aliphatic rings. The summed E-state index contributed by atoms with van der Waals surface area (Å²) in [5.41, 5.74) is -0.564. The molecule has 0 aromatic rings.